The highest BCUT2D eigenvalue weighted by Crippen LogP contribution is 2.78. The number of anilines is 9. The lowest BCUT2D eigenvalue weighted by Crippen LogP contribution is -2.60. The van der Waals surface area contributed by atoms with E-state index in [1.807, 2.05) is 0 Å². The summed E-state index contributed by atoms with van der Waals surface area (Å²) in [6.45, 7) is 39.0. The number of hydrogen-bond acceptors (Lipinski definition) is 5. The second-order valence-electron chi connectivity index (χ2n) is 34.9. The van der Waals surface area contributed by atoms with Crippen molar-refractivity contribution >= 4 is 95.0 Å². The van der Waals surface area contributed by atoms with Crippen molar-refractivity contribution in [2.45, 2.75) is 213 Å². The molecule has 6 heteroatoms. The van der Waals surface area contributed by atoms with Crippen molar-refractivity contribution < 1.29 is 4.74 Å². The maximum Gasteiger partial charge on any atom is 0.264 e. The fraction of sp³-hybridized carbons (Fsp3) is 0.419. The van der Waals surface area contributed by atoms with Gasteiger partial charge >= 0.3 is 0 Å². The van der Waals surface area contributed by atoms with Gasteiger partial charge in [-0.1, -0.05) is 197 Å². The summed E-state index contributed by atoms with van der Waals surface area (Å²) < 4.78 is 10.1. The summed E-state index contributed by atoms with van der Waals surface area (Å²) in [5.74, 6) is 3.03. The van der Waals surface area contributed by atoms with Crippen LogP contribution in [0.2, 0.25) is 0 Å². The van der Waals surface area contributed by atoms with Crippen LogP contribution >= 0.6 is 11.3 Å². The van der Waals surface area contributed by atoms with Crippen LogP contribution < -0.4 is 35.1 Å². The summed E-state index contributed by atoms with van der Waals surface area (Å²) in [4.78, 5) is 8.08. The predicted molar refractivity (Wildman–Crippen MR) is 393 cm³/mol. The Bertz CT molecular complexity index is 4540. The minimum atomic E-state index is -0.103. The molecule has 3 aliphatic heterocycles. The molecule has 4 nitrogen and oxygen atoms in total. The standard InChI is InChI=1S/C86H94BN3OS/c1-79(2,3)53-28-35-68-67(42-53)87-76-71(88(68)58-33-34-61-60-24-20-21-25-63(60)86(64(61)45-58)50-56-38-39-85(86,16)84(56,14)15)46-59(89-69-36-29-54(80(4,5)6)43-73(69)91-74-44-55(81(7,8)9)30-37-70(74)89)47-72(76)90(57-31-26-52(27-32-57)51-22-18-17-19-23-51)77-62-48-65-66(49-75(62)92-78(77)87)83(12,13)41-40-82(65,10)11/h20-21,24-37,42-49,51,56H,17-19,22-23,38-41,50H2,1-16H3. The fourth-order valence-corrected chi connectivity index (χ4v) is 21.0. The van der Waals surface area contributed by atoms with E-state index in [1.165, 1.54) is 174 Å². The number of benzene rings is 8. The Labute approximate surface area is 553 Å². The maximum atomic E-state index is 7.28. The number of thiophene rings is 1. The Morgan fingerprint density at radius 1 is 0.478 bits per heavy atom. The number of fused-ring (bicyclic) bond motifs is 17. The first-order valence-corrected chi connectivity index (χ1v) is 36.0. The van der Waals surface area contributed by atoms with Crippen molar-refractivity contribution in [2.24, 2.45) is 16.7 Å². The average Bonchev–Trinajstić information content (AvgIpc) is 1.54. The average molecular weight is 1230 g/mol. The molecule has 3 atom stereocenters. The van der Waals surface area contributed by atoms with Gasteiger partial charge in [0.15, 0.2) is 11.5 Å². The topological polar surface area (TPSA) is 19.0 Å². The third kappa shape index (κ3) is 8.13. The van der Waals surface area contributed by atoms with E-state index in [-0.39, 0.29) is 50.0 Å². The van der Waals surface area contributed by atoms with E-state index < -0.39 is 0 Å². The van der Waals surface area contributed by atoms with E-state index in [2.05, 4.69) is 282 Å². The molecule has 0 saturated heterocycles. The smallest absolute Gasteiger partial charge is 0.264 e. The lowest BCUT2D eigenvalue weighted by Gasteiger charge is -2.48. The predicted octanol–water partition coefficient (Wildman–Crippen LogP) is 23.0. The summed E-state index contributed by atoms with van der Waals surface area (Å²) in [6, 6.07) is 59.6. The van der Waals surface area contributed by atoms with Crippen LogP contribution in [-0.4, -0.2) is 6.71 Å². The molecule has 0 N–H and O–H groups in total. The lowest BCUT2D eigenvalue weighted by atomic mass is 9.36. The summed E-state index contributed by atoms with van der Waals surface area (Å²) in [6.07, 6.45) is 12.6. The van der Waals surface area contributed by atoms with E-state index in [0.717, 1.165) is 28.6 Å². The Morgan fingerprint density at radius 3 is 1.65 bits per heavy atom. The van der Waals surface area contributed by atoms with Gasteiger partial charge < -0.3 is 19.4 Å². The zero-order valence-corrected chi connectivity index (χ0v) is 58.6. The molecule has 9 aromatic rings. The van der Waals surface area contributed by atoms with Crippen LogP contribution in [0.15, 0.2) is 146 Å². The Kier molecular flexibility index (Phi) is 12.3. The summed E-state index contributed by atoms with van der Waals surface area (Å²) in [5, 5.41) is 1.37. The molecule has 92 heavy (non-hydrogen) atoms. The van der Waals surface area contributed by atoms with E-state index in [9.17, 15) is 0 Å². The van der Waals surface area contributed by atoms with Gasteiger partial charge in [0.1, 0.15) is 0 Å². The first kappa shape index (κ1) is 58.8. The normalized spacial score (nSPS) is 22.8. The van der Waals surface area contributed by atoms with Crippen LogP contribution in [0, 0.1) is 16.7 Å². The van der Waals surface area contributed by atoms with Gasteiger partial charge in [0.05, 0.1) is 22.7 Å². The SMILES string of the molecule is CC(C)(C)c1ccc2c(c1)Oc1cc(C(C)(C)C)ccc1N2c1cc2c3c(c1)N(c1ccc(C4CCCCC4)cc1)c1c(sc4cc5c(cc14)C(C)(C)CCC5(C)C)B3c1cc(C(C)(C)C)ccc1N2c1ccc2c(c1)C1(CC3CCC1(C)C3(C)C)c1ccccc1-2. The quantitative estimate of drug-likeness (QED) is 0.164. The molecule has 2 bridgehead atoms. The van der Waals surface area contributed by atoms with E-state index in [0.29, 0.717) is 11.8 Å². The number of nitrogens with zero attached hydrogens (tertiary/aromatic N) is 3. The molecule has 0 radical (unpaired) electrons. The van der Waals surface area contributed by atoms with Gasteiger partial charge in [-0.2, -0.15) is 0 Å². The van der Waals surface area contributed by atoms with Crippen molar-refractivity contribution in [3.63, 3.8) is 0 Å². The van der Waals surface area contributed by atoms with Crippen LogP contribution in [-0.2, 0) is 32.5 Å². The zero-order valence-electron chi connectivity index (χ0n) is 57.8. The first-order chi connectivity index (χ1) is 43.6. The van der Waals surface area contributed by atoms with Crippen molar-refractivity contribution in [1.29, 1.82) is 0 Å². The molecule has 3 saturated carbocycles. The molecule has 4 heterocycles. The molecular formula is C86H94BN3OS. The highest BCUT2D eigenvalue weighted by Gasteiger charge is 2.71. The van der Waals surface area contributed by atoms with Gasteiger partial charge in [0.2, 0.25) is 0 Å². The minimum absolute atomic E-state index is 0.0324. The second-order valence-corrected chi connectivity index (χ2v) is 36.0. The summed E-state index contributed by atoms with van der Waals surface area (Å²) in [5.41, 5.74) is 27.9. The van der Waals surface area contributed by atoms with Crippen molar-refractivity contribution in [3.05, 3.63) is 190 Å². The van der Waals surface area contributed by atoms with Gasteiger partial charge in [0, 0.05) is 48.7 Å². The fourth-order valence-electron chi connectivity index (χ4n) is 19.6. The monoisotopic (exact) mass is 1230 g/mol. The van der Waals surface area contributed by atoms with Crippen molar-refractivity contribution in [2.75, 3.05) is 14.7 Å². The van der Waals surface area contributed by atoms with Gasteiger partial charge in [-0.3, -0.25) is 0 Å². The van der Waals surface area contributed by atoms with E-state index >= 15 is 0 Å². The minimum Gasteiger partial charge on any atom is -0.453 e. The summed E-state index contributed by atoms with van der Waals surface area (Å²) in [7, 11) is 0. The third-order valence-electron chi connectivity index (χ3n) is 25.7. The molecule has 3 unspecified atom stereocenters. The highest BCUT2D eigenvalue weighted by molar-refractivity contribution is 7.33. The van der Waals surface area contributed by atoms with Gasteiger partial charge in [0.25, 0.3) is 6.71 Å². The van der Waals surface area contributed by atoms with Crippen LogP contribution in [0.5, 0.6) is 11.5 Å². The largest absolute Gasteiger partial charge is 0.453 e. The Hall–Kier alpha value is -7.02. The zero-order chi connectivity index (χ0) is 63.9. The van der Waals surface area contributed by atoms with Crippen LogP contribution in [0.3, 0.4) is 0 Å². The molecule has 3 fully saturated rings. The number of hydrogen-bond donors (Lipinski definition) is 0. The molecular weight excluding hydrogens is 1130 g/mol. The first-order valence-electron chi connectivity index (χ1n) is 35.2. The van der Waals surface area contributed by atoms with Crippen molar-refractivity contribution in [3.8, 4) is 22.6 Å². The van der Waals surface area contributed by atoms with Crippen LogP contribution in [0.1, 0.15) is 225 Å². The Morgan fingerprint density at radius 2 is 1.04 bits per heavy atom. The lowest BCUT2D eigenvalue weighted by molar-refractivity contribution is 0.0990. The molecule has 17 rings (SSSR count). The Balaban J connectivity index is 0.997. The third-order valence-corrected chi connectivity index (χ3v) is 26.9. The summed E-state index contributed by atoms with van der Waals surface area (Å²) >= 11 is 2.07. The second kappa shape index (κ2) is 19.3. The molecule has 1 spiro atoms. The number of ether oxygens (including phenoxy) is 1. The van der Waals surface area contributed by atoms with Crippen LogP contribution in [0.25, 0.3) is 21.2 Å². The molecule has 5 aliphatic carbocycles. The molecule has 8 aromatic carbocycles. The van der Waals surface area contributed by atoms with Gasteiger partial charge in [-0.05, 0) is 240 Å². The molecule has 0 amide bonds. The molecule has 468 valence electrons. The van der Waals surface area contributed by atoms with E-state index in [4.69, 9.17) is 4.74 Å². The van der Waals surface area contributed by atoms with E-state index in [1.54, 1.807) is 5.56 Å². The molecule has 1 aromatic heterocycles. The van der Waals surface area contributed by atoms with Crippen LogP contribution in [0.4, 0.5) is 51.2 Å². The van der Waals surface area contributed by atoms with Gasteiger partial charge in [-0.15, -0.1) is 11.3 Å². The molecule has 8 aliphatic rings. The van der Waals surface area contributed by atoms with Gasteiger partial charge in [-0.25, -0.2) is 0 Å². The maximum absolute atomic E-state index is 7.28. The van der Waals surface area contributed by atoms with Crippen molar-refractivity contribution in [1.82, 2.24) is 0 Å². The highest BCUT2D eigenvalue weighted by atomic mass is 32.1. The number of rotatable bonds is 4.